The average Bonchev–Trinajstić information content (AvgIpc) is 3.54. The van der Waals surface area contributed by atoms with Gasteiger partial charge in [0.2, 0.25) is 0 Å². The summed E-state index contributed by atoms with van der Waals surface area (Å²) in [5, 5.41) is 1.13. The number of imidazole rings is 1. The number of para-hydroxylation sites is 1. The van der Waals surface area contributed by atoms with Crippen LogP contribution < -0.4 is 10.5 Å². The van der Waals surface area contributed by atoms with Gasteiger partial charge in [0.05, 0.1) is 35.4 Å². The van der Waals surface area contributed by atoms with E-state index < -0.39 is 12.7 Å². The molecule has 1 saturated carbocycles. The molecule has 182 valence electrons. The van der Waals surface area contributed by atoms with Crippen LogP contribution in [-0.2, 0) is 20.0 Å². The highest BCUT2D eigenvalue weighted by atomic mass is 19.1. The van der Waals surface area contributed by atoms with Gasteiger partial charge in [0.15, 0.2) is 5.82 Å². The molecule has 2 aromatic heterocycles. The molecule has 6 rings (SSSR count). The van der Waals surface area contributed by atoms with Gasteiger partial charge in [-0.25, -0.2) is 9.37 Å². The lowest BCUT2D eigenvalue weighted by Gasteiger charge is -2.30. The van der Waals surface area contributed by atoms with Crippen molar-refractivity contribution < 1.29 is 13.9 Å². The first-order valence-electron chi connectivity index (χ1n) is 12.2. The molecule has 4 aromatic rings. The van der Waals surface area contributed by atoms with Crippen LogP contribution in [0.5, 0.6) is 5.75 Å². The molecule has 7 nitrogen and oxygen atoms in total. The molecule has 8 heteroatoms. The van der Waals surface area contributed by atoms with E-state index in [1.165, 1.54) is 12.8 Å². The van der Waals surface area contributed by atoms with Crippen molar-refractivity contribution in [3.8, 4) is 17.3 Å². The van der Waals surface area contributed by atoms with Crippen molar-refractivity contribution in [2.75, 3.05) is 26.9 Å². The number of benzene rings is 2. The highest BCUT2D eigenvalue weighted by Gasteiger charge is 2.29. The number of ether oxygens (including phenoxy) is 1. The van der Waals surface area contributed by atoms with E-state index in [4.69, 9.17) is 15.5 Å². The van der Waals surface area contributed by atoms with Gasteiger partial charge in [-0.1, -0.05) is 12.1 Å². The first-order valence-corrected chi connectivity index (χ1v) is 12.2. The fraction of sp³-hybridized carbons (Fsp3) is 0.407. The Morgan fingerprint density at radius 1 is 1.26 bits per heavy atom. The minimum Gasteiger partial charge on any atom is -0.495 e. The van der Waals surface area contributed by atoms with E-state index in [1.807, 2.05) is 25.2 Å². The number of carbonyl (C=O) groups is 1. The minimum absolute atomic E-state index is 0.100. The molecule has 0 bridgehead atoms. The lowest BCUT2D eigenvalue weighted by atomic mass is 9.97. The van der Waals surface area contributed by atoms with Gasteiger partial charge in [0.25, 0.3) is 5.91 Å². The predicted molar refractivity (Wildman–Crippen MR) is 134 cm³/mol. The number of nitrogens with zero attached hydrogens (tertiary/aromatic N) is 4. The largest absolute Gasteiger partial charge is 0.495 e. The van der Waals surface area contributed by atoms with Crippen LogP contribution in [0.3, 0.4) is 0 Å². The number of amides is 1. The maximum Gasteiger partial charge on any atom is 0.254 e. The molecule has 2 aliphatic rings. The number of methoxy groups -OCH3 is 1. The van der Waals surface area contributed by atoms with Crippen molar-refractivity contribution >= 4 is 27.8 Å². The van der Waals surface area contributed by atoms with Gasteiger partial charge < -0.3 is 24.5 Å². The number of rotatable bonds is 7. The van der Waals surface area contributed by atoms with Gasteiger partial charge in [-0.15, -0.1) is 0 Å². The first-order chi connectivity index (χ1) is 17.0. The molecule has 0 saturated heterocycles. The lowest BCUT2D eigenvalue weighted by Crippen LogP contribution is -2.45. The Balaban J connectivity index is 1.47. The number of aryl methyl sites for hydroxylation is 1. The van der Waals surface area contributed by atoms with Gasteiger partial charge in [0.1, 0.15) is 12.4 Å². The number of halogens is 1. The van der Waals surface area contributed by atoms with E-state index in [0.29, 0.717) is 18.0 Å². The number of fused-ring (bicyclic) bond motifs is 3. The predicted octanol–water partition coefficient (Wildman–Crippen LogP) is 3.91. The quantitative estimate of drug-likeness (QED) is 0.440. The fourth-order valence-electron chi connectivity index (χ4n) is 5.34. The van der Waals surface area contributed by atoms with Crippen LogP contribution in [0.1, 0.15) is 28.8 Å². The van der Waals surface area contributed by atoms with E-state index in [9.17, 15) is 9.18 Å². The molecular formula is C27H30FN5O2. The summed E-state index contributed by atoms with van der Waals surface area (Å²) in [6.45, 7) is 1.06. The summed E-state index contributed by atoms with van der Waals surface area (Å²) in [6.07, 6.45) is 3.21. The van der Waals surface area contributed by atoms with Crippen LogP contribution in [0.4, 0.5) is 4.39 Å². The third-order valence-corrected chi connectivity index (χ3v) is 7.40. The second-order valence-electron chi connectivity index (χ2n) is 9.89. The van der Waals surface area contributed by atoms with Crippen LogP contribution in [0, 0.1) is 5.92 Å². The Morgan fingerprint density at radius 3 is 2.83 bits per heavy atom. The second kappa shape index (κ2) is 8.37. The molecule has 1 atom stereocenters. The summed E-state index contributed by atoms with van der Waals surface area (Å²) in [5.41, 5.74) is 11.3. The van der Waals surface area contributed by atoms with Crippen molar-refractivity contribution in [2.45, 2.75) is 31.8 Å². The lowest BCUT2D eigenvalue weighted by molar-refractivity contribution is 0.0725. The molecule has 1 fully saturated rings. The molecule has 1 aliphatic carbocycles. The summed E-state index contributed by atoms with van der Waals surface area (Å²) >= 11 is 0. The van der Waals surface area contributed by atoms with Gasteiger partial charge >= 0.3 is 0 Å². The van der Waals surface area contributed by atoms with E-state index in [2.05, 4.69) is 27.3 Å². The Hall–Kier alpha value is -3.39. The number of hydrogen-bond acceptors (Lipinski definition) is 4. The van der Waals surface area contributed by atoms with Crippen LogP contribution >= 0.6 is 0 Å². The summed E-state index contributed by atoms with van der Waals surface area (Å²) in [6, 6.07) is 11.6. The van der Waals surface area contributed by atoms with Crippen LogP contribution in [0.2, 0.25) is 0 Å². The average molecular weight is 476 g/mol. The van der Waals surface area contributed by atoms with E-state index in [0.717, 1.165) is 57.7 Å². The molecule has 0 radical (unpaired) electrons. The molecule has 0 unspecified atom stereocenters. The maximum atomic E-state index is 13.1. The van der Waals surface area contributed by atoms with Crippen LogP contribution in [0.25, 0.3) is 33.5 Å². The van der Waals surface area contributed by atoms with Gasteiger partial charge in [0, 0.05) is 37.6 Å². The summed E-state index contributed by atoms with van der Waals surface area (Å²) in [5.74, 6) is 2.30. The zero-order valence-corrected chi connectivity index (χ0v) is 20.1. The Kier molecular flexibility index (Phi) is 5.29. The van der Waals surface area contributed by atoms with Crippen molar-refractivity contribution in [1.82, 2.24) is 19.0 Å². The van der Waals surface area contributed by atoms with Crippen LogP contribution in [-0.4, -0.2) is 57.8 Å². The molecule has 35 heavy (non-hydrogen) atoms. The molecule has 1 amide bonds. The number of carbonyl (C=O) groups excluding carboxylic acids is 1. The molecule has 2 N–H and O–H groups in total. The molecule has 3 heterocycles. The van der Waals surface area contributed by atoms with Crippen molar-refractivity contribution in [3.63, 3.8) is 0 Å². The molecule has 0 spiro atoms. The maximum absolute atomic E-state index is 13.1. The third kappa shape index (κ3) is 3.67. The highest BCUT2D eigenvalue weighted by Crippen LogP contribution is 2.39. The van der Waals surface area contributed by atoms with Gasteiger partial charge in [-0.05, 0) is 55.0 Å². The number of hydrogen-bond donors (Lipinski definition) is 1. The standard InChI is InChI=1S/C27H30FN5O2/c1-31-22-10-17-8-9-32(15-19(29)13-28)27(34)20(17)12-21(22)30-26(31)23-11-18-4-3-5-24(35-2)25(18)33(23)14-16-6-7-16/h3-5,10-12,16,19H,6-9,13-15,29H2,1-2H3/t19-/m1/s1. The van der Waals surface area contributed by atoms with Gasteiger partial charge in [-0.3, -0.25) is 4.79 Å². The highest BCUT2D eigenvalue weighted by molar-refractivity contribution is 6.01. The Labute approximate surface area is 203 Å². The van der Waals surface area contributed by atoms with E-state index >= 15 is 0 Å². The number of alkyl halides is 1. The minimum atomic E-state index is -0.656. The van der Waals surface area contributed by atoms with E-state index in [-0.39, 0.29) is 12.5 Å². The normalized spacial score (nSPS) is 16.8. The Bertz CT molecular complexity index is 1450. The summed E-state index contributed by atoms with van der Waals surface area (Å²) < 4.78 is 23.1. The van der Waals surface area contributed by atoms with Gasteiger partial charge in [-0.2, -0.15) is 0 Å². The van der Waals surface area contributed by atoms with Crippen LogP contribution in [0.15, 0.2) is 36.4 Å². The third-order valence-electron chi connectivity index (χ3n) is 7.40. The monoisotopic (exact) mass is 475 g/mol. The number of nitrogens with two attached hydrogens (primary N) is 1. The summed E-state index contributed by atoms with van der Waals surface area (Å²) in [4.78, 5) is 19.8. The fourth-order valence-corrected chi connectivity index (χ4v) is 5.34. The zero-order chi connectivity index (χ0) is 24.3. The molecular weight excluding hydrogens is 445 g/mol. The van der Waals surface area contributed by atoms with Crippen molar-refractivity contribution in [2.24, 2.45) is 18.7 Å². The zero-order valence-electron chi connectivity index (χ0n) is 20.1. The SMILES string of the molecule is COc1cccc2cc(-c3nc4cc5c(cc4n3C)CCN(C[C@H](N)CF)C5=O)n(CC3CC3)c12. The van der Waals surface area contributed by atoms with Crippen molar-refractivity contribution in [3.05, 3.63) is 47.5 Å². The smallest absolute Gasteiger partial charge is 0.254 e. The number of aromatic nitrogens is 3. The second-order valence-corrected chi connectivity index (χ2v) is 9.89. The van der Waals surface area contributed by atoms with Crippen molar-refractivity contribution in [1.29, 1.82) is 0 Å². The van der Waals surface area contributed by atoms with E-state index in [1.54, 1.807) is 12.0 Å². The molecule has 2 aromatic carbocycles. The molecule has 1 aliphatic heterocycles. The topological polar surface area (TPSA) is 78.3 Å². The summed E-state index contributed by atoms with van der Waals surface area (Å²) in [7, 11) is 3.74. The Morgan fingerprint density at radius 2 is 2.09 bits per heavy atom. The first kappa shape index (κ1) is 22.1.